The highest BCUT2D eigenvalue weighted by atomic mass is 35.5. The van der Waals surface area contributed by atoms with Gasteiger partial charge in [-0.3, -0.25) is 9.20 Å². The average molecular weight is 378 g/mol. The number of nitrogens with zero attached hydrogens (tertiary/aromatic N) is 2. The van der Waals surface area contributed by atoms with Crippen molar-refractivity contribution in [2.75, 3.05) is 12.4 Å². The lowest BCUT2D eigenvalue weighted by Gasteiger charge is -2.08. The van der Waals surface area contributed by atoms with E-state index in [-0.39, 0.29) is 5.91 Å². The third-order valence-corrected chi connectivity index (χ3v) is 4.61. The monoisotopic (exact) mass is 377 g/mol. The fraction of sp³-hybridized carbons (Fsp3) is 0.0476. The molecule has 27 heavy (non-hydrogen) atoms. The van der Waals surface area contributed by atoms with E-state index < -0.39 is 0 Å². The minimum atomic E-state index is -0.275. The summed E-state index contributed by atoms with van der Waals surface area (Å²) in [6.07, 6.45) is 3.45. The summed E-state index contributed by atoms with van der Waals surface area (Å²) in [7, 11) is 1.64. The van der Waals surface area contributed by atoms with E-state index in [1.165, 1.54) is 0 Å². The highest BCUT2D eigenvalue weighted by Gasteiger charge is 2.14. The lowest BCUT2D eigenvalue weighted by atomic mass is 10.1. The number of anilines is 1. The van der Waals surface area contributed by atoms with Crippen molar-refractivity contribution >= 4 is 28.8 Å². The summed E-state index contributed by atoms with van der Waals surface area (Å²) in [5.74, 6) is 0.518. The van der Waals surface area contributed by atoms with Gasteiger partial charge in [0.05, 0.1) is 24.0 Å². The second-order valence-electron chi connectivity index (χ2n) is 5.95. The summed E-state index contributed by atoms with van der Waals surface area (Å²) >= 11 is 6.13. The van der Waals surface area contributed by atoms with Gasteiger partial charge in [0.1, 0.15) is 17.1 Å². The normalized spacial score (nSPS) is 10.7. The summed E-state index contributed by atoms with van der Waals surface area (Å²) in [6, 6.07) is 18.7. The topological polar surface area (TPSA) is 55.6 Å². The van der Waals surface area contributed by atoms with E-state index in [0.29, 0.717) is 22.1 Å². The molecule has 1 amide bonds. The van der Waals surface area contributed by atoms with Crippen molar-refractivity contribution in [3.8, 4) is 16.9 Å². The van der Waals surface area contributed by atoms with Crippen LogP contribution in [0.1, 0.15) is 10.5 Å². The van der Waals surface area contributed by atoms with Crippen LogP contribution in [-0.2, 0) is 0 Å². The molecule has 0 fully saturated rings. The number of nitrogens with one attached hydrogen (secondary N) is 1. The Hall–Kier alpha value is -3.31. The molecule has 1 N–H and O–H groups in total. The summed E-state index contributed by atoms with van der Waals surface area (Å²) < 4.78 is 6.97. The maximum absolute atomic E-state index is 12.7. The Morgan fingerprint density at radius 2 is 1.78 bits per heavy atom. The highest BCUT2D eigenvalue weighted by Crippen LogP contribution is 2.24. The Kier molecular flexibility index (Phi) is 4.52. The van der Waals surface area contributed by atoms with Crippen molar-refractivity contribution in [3.63, 3.8) is 0 Å². The predicted molar refractivity (Wildman–Crippen MR) is 107 cm³/mol. The molecule has 0 radical (unpaired) electrons. The minimum absolute atomic E-state index is 0.275. The van der Waals surface area contributed by atoms with Crippen LogP contribution in [0.25, 0.3) is 16.8 Å². The maximum Gasteiger partial charge on any atom is 0.274 e. The van der Waals surface area contributed by atoms with Crippen LogP contribution in [0.2, 0.25) is 5.02 Å². The summed E-state index contributed by atoms with van der Waals surface area (Å²) in [5, 5.41) is 3.32. The first-order valence-corrected chi connectivity index (χ1v) is 8.71. The molecule has 0 aliphatic heterocycles. The summed E-state index contributed by atoms with van der Waals surface area (Å²) in [5.41, 5.74) is 3.67. The van der Waals surface area contributed by atoms with Crippen molar-refractivity contribution in [3.05, 3.63) is 83.8 Å². The van der Waals surface area contributed by atoms with Crippen LogP contribution in [0, 0.1) is 0 Å². The third-order valence-electron chi connectivity index (χ3n) is 4.28. The van der Waals surface area contributed by atoms with Crippen LogP contribution < -0.4 is 10.1 Å². The average Bonchev–Trinajstić information content (AvgIpc) is 3.13. The molecule has 0 bridgehead atoms. The fourth-order valence-corrected chi connectivity index (χ4v) is 3.03. The van der Waals surface area contributed by atoms with Crippen LogP contribution in [0.4, 0.5) is 5.69 Å². The molecular formula is C21H16ClN3O2. The van der Waals surface area contributed by atoms with Crippen molar-refractivity contribution in [1.29, 1.82) is 0 Å². The van der Waals surface area contributed by atoms with Gasteiger partial charge in [0, 0.05) is 6.20 Å². The molecule has 0 atom stereocenters. The SMILES string of the molecule is COc1ccc(-c2ccc3ncc(C(=O)Nc4ccccc4Cl)n3c2)cc1. The molecule has 5 nitrogen and oxygen atoms in total. The number of carbonyl (C=O) groups is 1. The van der Waals surface area contributed by atoms with Crippen molar-refractivity contribution in [2.45, 2.75) is 0 Å². The Morgan fingerprint density at radius 3 is 2.52 bits per heavy atom. The Morgan fingerprint density at radius 1 is 1.04 bits per heavy atom. The molecule has 0 saturated heterocycles. The second kappa shape index (κ2) is 7.13. The molecule has 6 heteroatoms. The van der Waals surface area contributed by atoms with Gasteiger partial charge >= 0.3 is 0 Å². The van der Waals surface area contributed by atoms with Gasteiger partial charge in [0.2, 0.25) is 0 Å². The number of hydrogen-bond acceptors (Lipinski definition) is 3. The lowest BCUT2D eigenvalue weighted by Crippen LogP contribution is -2.14. The van der Waals surface area contributed by atoms with Crippen LogP contribution >= 0.6 is 11.6 Å². The molecule has 0 unspecified atom stereocenters. The number of methoxy groups -OCH3 is 1. The maximum atomic E-state index is 12.7. The van der Waals surface area contributed by atoms with Crippen LogP contribution in [-0.4, -0.2) is 22.4 Å². The zero-order chi connectivity index (χ0) is 18.8. The van der Waals surface area contributed by atoms with E-state index >= 15 is 0 Å². The molecule has 2 aromatic heterocycles. The molecule has 0 saturated carbocycles. The van der Waals surface area contributed by atoms with Crippen molar-refractivity contribution < 1.29 is 9.53 Å². The molecule has 2 aromatic carbocycles. The summed E-state index contributed by atoms with van der Waals surface area (Å²) in [6.45, 7) is 0. The predicted octanol–water partition coefficient (Wildman–Crippen LogP) is 4.92. The van der Waals surface area contributed by atoms with Gasteiger partial charge in [-0.15, -0.1) is 0 Å². The van der Waals surface area contributed by atoms with Crippen molar-refractivity contribution in [2.24, 2.45) is 0 Å². The van der Waals surface area contributed by atoms with Crippen LogP contribution in [0.3, 0.4) is 0 Å². The largest absolute Gasteiger partial charge is 0.497 e. The number of hydrogen-bond donors (Lipinski definition) is 1. The standard InChI is InChI=1S/C21H16ClN3O2/c1-27-16-9-6-14(7-10-16)15-8-11-20-23-12-19(25(20)13-15)21(26)24-18-5-3-2-4-17(18)22/h2-13H,1H3,(H,24,26). The number of fused-ring (bicyclic) bond motifs is 1. The number of rotatable bonds is 4. The summed E-state index contributed by atoms with van der Waals surface area (Å²) in [4.78, 5) is 17.0. The van der Waals surface area contributed by atoms with Gasteiger partial charge in [-0.25, -0.2) is 4.98 Å². The van der Waals surface area contributed by atoms with Gasteiger partial charge in [0.25, 0.3) is 5.91 Å². The fourth-order valence-electron chi connectivity index (χ4n) is 2.85. The molecule has 4 rings (SSSR count). The Labute approximate surface area is 161 Å². The first-order valence-electron chi connectivity index (χ1n) is 8.33. The van der Waals surface area contributed by atoms with Gasteiger partial charge in [-0.1, -0.05) is 35.9 Å². The number of ether oxygens (including phenoxy) is 1. The first kappa shape index (κ1) is 17.1. The van der Waals surface area contributed by atoms with Crippen LogP contribution in [0.5, 0.6) is 5.75 Å². The third kappa shape index (κ3) is 3.37. The number of aromatic nitrogens is 2. The van der Waals surface area contributed by atoms with E-state index in [1.54, 1.807) is 29.8 Å². The molecule has 0 spiro atoms. The molecular weight excluding hydrogens is 362 g/mol. The molecule has 0 aliphatic carbocycles. The number of benzene rings is 2. The van der Waals surface area contributed by atoms with E-state index in [2.05, 4.69) is 10.3 Å². The quantitative estimate of drug-likeness (QED) is 0.549. The Bertz CT molecular complexity index is 1120. The van der Waals surface area contributed by atoms with Crippen LogP contribution in [0.15, 0.2) is 73.1 Å². The number of amides is 1. The first-order chi connectivity index (χ1) is 13.2. The second-order valence-corrected chi connectivity index (χ2v) is 6.36. The molecule has 2 heterocycles. The zero-order valence-electron chi connectivity index (χ0n) is 14.5. The minimum Gasteiger partial charge on any atom is -0.497 e. The van der Waals surface area contributed by atoms with Gasteiger partial charge < -0.3 is 10.1 Å². The van der Waals surface area contributed by atoms with E-state index in [0.717, 1.165) is 16.9 Å². The smallest absolute Gasteiger partial charge is 0.274 e. The number of para-hydroxylation sites is 1. The number of halogens is 1. The number of imidazole rings is 1. The molecule has 4 aromatic rings. The molecule has 134 valence electrons. The number of pyridine rings is 1. The lowest BCUT2D eigenvalue weighted by molar-refractivity contribution is 0.102. The van der Waals surface area contributed by atoms with Gasteiger partial charge in [-0.05, 0) is 47.5 Å². The van der Waals surface area contributed by atoms with Gasteiger partial charge in [-0.2, -0.15) is 0 Å². The number of carbonyl (C=O) groups excluding carboxylic acids is 1. The Balaban J connectivity index is 1.69. The molecule has 0 aliphatic rings. The van der Waals surface area contributed by atoms with Crippen molar-refractivity contribution in [1.82, 2.24) is 9.38 Å². The highest BCUT2D eigenvalue weighted by molar-refractivity contribution is 6.33. The van der Waals surface area contributed by atoms with E-state index in [4.69, 9.17) is 16.3 Å². The van der Waals surface area contributed by atoms with E-state index in [9.17, 15) is 4.79 Å². The van der Waals surface area contributed by atoms with E-state index in [1.807, 2.05) is 54.7 Å². The van der Waals surface area contributed by atoms with Gasteiger partial charge in [0.15, 0.2) is 0 Å². The zero-order valence-corrected chi connectivity index (χ0v) is 15.3.